The van der Waals surface area contributed by atoms with Crippen molar-refractivity contribution in [2.45, 2.75) is 19.3 Å². The molecule has 1 fully saturated rings. The lowest BCUT2D eigenvalue weighted by atomic mass is 9.97. The number of benzene rings is 1. The number of aromatic nitrogens is 2. The normalized spacial score (nSPS) is 17.8. The number of carbonyl (C=O) groups is 1. The fourth-order valence-corrected chi connectivity index (χ4v) is 3.38. The molecule has 3 heterocycles. The smallest absolute Gasteiger partial charge is 0.224 e. The highest BCUT2D eigenvalue weighted by molar-refractivity contribution is 5.80. The number of aromatic amines is 1. The number of piperidine rings is 1. The molecule has 6 heteroatoms. The maximum atomic E-state index is 12.5. The number of anilines is 1. The van der Waals surface area contributed by atoms with Crippen LogP contribution in [-0.2, 0) is 11.2 Å². The predicted molar refractivity (Wildman–Crippen MR) is 96.5 cm³/mol. The van der Waals surface area contributed by atoms with Crippen LogP contribution in [0.2, 0.25) is 0 Å². The second-order valence-electron chi connectivity index (χ2n) is 6.48. The molecule has 0 unspecified atom stereocenters. The molecule has 25 heavy (non-hydrogen) atoms. The number of hydrogen-bond acceptors (Lipinski definition) is 4. The van der Waals surface area contributed by atoms with Crippen LogP contribution in [0.1, 0.15) is 18.6 Å². The molecule has 6 nitrogen and oxygen atoms in total. The van der Waals surface area contributed by atoms with Gasteiger partial charge in [-0.05, 0) is 37.1 Å². The zero-order valence-electron chi connectivity index (χ0n) is 14.1. The Labute approximate surface area is 146 Å². The second kappa shape index (κ2) is 7.01. The van der Waals surface area contributed by atoms with Crippen LogP contribution in [0.4, 0.5) is 5.95 Å². The molecule has 3 aromatic rings. The summed E-state index contributed by atoms with van der Waals surface area (Å²) < 4.78 is 5.29. The summed E-state index contributed by atoms with van der Waals surface area (Å²) >= 11 is 0. The van der Waals surface area contributed by atoms with Crippen LogP contribution in [0.5, 0.6) is 0 Å². The van der Waals surface area contributed by atoms with Crippen LogP contribution < -0.4 is 10.2 Å². The molecular weight excluding hydrogens is 316 g/mol. The summed E-state index contributed by atoms with van der Waals surface area (Å²) in [6.07, 6.45) is 4.29. The van der Waals surface area contributed by atoms with Gasteiger partial charge < -0.3 is 19.6 Å². The fourth-order valence-electron chi connectivity index (χ4n) is 3.38. The predicted octanol–water partition coefficient (Wildman–Crippen LogP) is 2.73. The summed E-state index contributed by atoms with van der Waals surface area (Å²) in [5.41, 5.74) is 1.99. The standard InChI is InChI=1S/C19H22N4O2/c24-18(20-10-9-15-6-4-12-25-15)14-5-3-11-23(13-14)19-21-16-7-1-2-8-17(16)22-19/h1-2,4,6-8,12,14H,3,5,9-11,13H2,(H,20,24)(H,21,22)/t14-/m0/s1. The summed E-state index contributed by atoms with van der Waals surface area (Å²) in [7, 11) is 0. The number of nitrogens with zero attached hydrogens (tertiary/aromatic N) is 2. The number of imidazole rings is 1. The molecule has 0 aliphatic carbocycles. The summed E-state index contributed by atoms with van der Waals surface area (Å²) in [6.45, 7) is 2.23. The van der Waals surface area contributed by atoms with E-state index in [-0.39, 0.29) is 11.8 Å². The average Bonchev–Trinajstić information content (AvgIpc) is 3.31. The van der Waals surface area contributed by atoms with Gasteiger partial charge >= 0.3 is 0 Å². The van der Waals surface area contributed by atoms with Gasteiger partial charge in [-0.3, -0.25) is 4.79 Å². The lowest BCUT2D eigenvalue weighted by Crippen LogP contribution is -2.43. The summed E-state index contributed by atoms with van der Waals surface area (Å²) in [6, 6.07) is 11.8. The molecule has 1 atom stereocenters. The average molecular weight is 338 g/mol. The van der Waals surface area contributed by atoms with E-state index in [1.165, 1.54) is 0 Å². The zero-order chi connectivity index (χ0) is 17.1. The molecule has 1 saturated heterocycles. The van der Waals surface area contributed by atoms with E-state index in [1.807, 2.05) is 36.4 Å². The molecule has 1 amide bonds. The van der Waals surface area contributed by atoms with E-state index in [1.54, 1.807) is 6.26 Å². The van der Waals surface area contributed by atoms with Crippen molar-refractivity contribution < 1.29 is 9.21 Å². The monoisotopic (exact) mass is 338 g/mol. The first kappa shape index (κ1) is 15.7. The Kier molecular flexibility index (Phi) is 4.41. The zero-order valence-corrected chi connectivity index (χ0v) is 14.1. The van der Waals surface area contributed by atoms with Crippen LogP contribution >= 0.6 is 0 Å². The molecule has 0 bridgehead atoms. The first-order chi connectivity index (χ1) is 12.3. The van der Waals surface area contributed by atoms with E-state index in [9.17, 15) is 4.79 Å². The van der Waals surface area contributed by atoms with Crippen LogP contribution in [0.3, 0.4) is 0 Å². The topological polar surface area (TPSA) is 74.2 Å². The number of H-pyrrole nitrogens is 1. The van der Waals surface area contributed by atoms with E-state index in [2.05, 4.69) is 20.2 Å². The minimum absolute atomic E-state index is 0.00133. The van der Waals surface area contributed by atoms with Crippen molar-refractivity contribution in [3.05, 3.63) is 48.4 Å². The Balaban J connectivity index is 1.36. The third-order valence-corrected chi connectivity index (χ3v) is 4.72. The molecule has 1 aliphatic rings. The maximum absolute atomic E-state index is 12.5. The third-order valence-electron chi connectivity index (χ3n) is 4.72. The number of hydrogen-bond donors (Lipinski definition) is 2. The van der Waals surface area contributed by atoms with Crippen molar-refractivity contribution in [3.63, 3.8) is 0 Å². The minimum Gasteiger partial charge on any atom is -0.469 e. The number of para-hydroxylation sites is 2. The summed E-state index contributed by atoms with van der Waals surface area (Å²) in [4.78, 5) is 22.7. The van der Waals surface area contributed by atoms with Gasteiger partial charge in [0.25, 0.3) is 0 Å². The molecule has 0 saturated carbocycles. The van der Waals surface area contributed by atoms with E-state index in [4.69, 9.17) is 4.42 Å². The van der Waals surface area contributed by atoms with Gasteiger partial charge in [0.2, 0.25) is 11.9 Å². The highest BCUT2D eigenvalue weighted by Crippen LogP contribution is 2.23. The molecule has 1 aromatic carbocycles. The van der Waals surface area contributed by atoms with Crippen LogP contribution in [-0.4, -0.2) is 35.5 Å². The van der Waals surface area contributed by atoms with Crippen molar-refractivity contribution in [1.82, 2.24) is 15.3 Å². The Bertz CT molecular complexity index is 807. The van der Waals surface area contributed by atoms with Crippen molar-refractivity contribution in [2.75, 3.05) is 24.5 Å². The SMILES string of the molecule is O=C(NCCc1ccco1)[C@H]1CCCN(c2nc3ccccc3[nH]2)C1. The lowest BCUT2D eigenvalue weighted by Gasteiger charge is -2.31. The van der Waals surface area contributed by atoms with Gasteiger partial charge in [0.15, 0.2) is 0 Å². The number of fused-ring (bicyclic) bond motifs is 1. The number of nitrogens with one attached hydrogen (secondary N) is 2. The molecule has 0 radical (unpaired) electrons. The van der Waals surface area contributed by atoms with E-state index in [0.29, 0.717) is 13.1 Å². The van der Waals surface area contributed by atoms with Crippen LogP contribution in [0, 0.1) is 5.92 Å². The molecule has 130 valence electrons. The van der Waals surface area contributed by atoms with Crippen LogP contribution in [0.15, 0.2) is 47.1 Å². The number of carbonyl (C=O) groups excluding carboxylic acids is 1. The van der Waals surface area contributed by atoms with Gasteiger partial charge in [-0.15, -0.1) is 0 Å². The number of furan rings is 1. The highest BCUT2D eigenvalue weighted by Gasteiger charge is 2.27. The Hall–Kier alpha value is -2.76. The van der Waals surface area contributed by atoms with Crippen molar-refractivity contribution in [1.29, 1.82) is 0 Å². The number of rotatable bonds is 5. The van der Waals surface area contributed by atoms with Crippen molar-refractivity contribution >= 4 is 22.9 Å². The largest absolute Gasteiger partial charge is 0.469 e. The van der Waals surface area contributed by atoms with Gasteiger partial charge in [-0.1, -0.05) is 12.1 Å². The third kappa shape index (κ3) is 3.52. The Morgan fingerprint density at radius 3 is 3.08 bits per heavy atom. The van der Waals surface area contributed by atoms with E-state index >= 15 is 0 Å². The van der Waals surface area contributed by atoms with E-state index < -0.39 is 0 Å². The second-order valence-corrected chi connectivity index (χ2v) is 6.48. The van der Waals surface area contributed by atoms with Crippen molar-refractivity contribution in [2.24, 2.45) is 5.92 Å². The van der Waals surface area contributed by atoms with E-state index in [0.717, 1.165) is 48.5 Å². The molecular formula is C19H22N4O2. The maximum Gasteiger partial charge on any atom is 0.224 e. The molecule has 4 rings (SSSR count). The van der Waals surface area contributed by atoms with Gasteiger partial charge in [-0.25, -0.2) is 4.98 Å². The quantitative estimate of drug-likeness (QED) is 0.750. The number of amides is 1. The fraction of sp³-hybridized carbons (Fsp3) is 0.368. The molecule has 2 N–H and O–H groups in total. The first-order valence-corrected chi connectivity index (χ1v) is 8.79. The first-order valence-electron chi connectivity index (χ1n) is 8.79. The van der Waals surface area contributed by atoms with Gasteiger partial charge in [-0.2, -0.15) is 0 Å². The van der Waals surface area contributed by atoms with Crippen LogP contribution in [0.25, 0.3) is 11.0 Å². The minimum atomic E-state index is -0.00133. The molecule has 2 aromatic heterocycles. The van der Waals surface area contributed by atoms with Gasteiger partial charge in [0.1, 0.15) is 5.76 Å². The molecule has 0 spiro atoms. The molecule has 1 aliphatic heterocycles. The van der Waals surface area contributed by atoms with Crippen molar-refractivity contribution in [3.8, 4) is 0 Å². The highest BCUT2D eigenvalue weighted by atomic mass is 16.3. The van der Waals surface area contributed by atoms with Gasteiger partial charge in [0.05, 0.1) is 23.2 Å². The lowest BCUT2D eigenvalue weighted by molar-refractivity contribution is -0.125. The summed E-state index contributed by atoms with van der Waals surface area (Å²) in [5.74, 6) is 1.87. The van der Waals surface area contributed by atoms with Gasteiger partial charge in [0, 0.05) is 26.1 Å². The summed E-state index contributed by atoms with van der Waals surface area (Å²) in [5, 5.41) is 3.03. The Morgan fingerprint density at radius 2 is 2.24 bits per heavy atom. The Morgan fingerprint density at radius 1 is 1.32 bits per heavy atom.